The molecule has 0 aromatic heterocycles. The first-order chi connectivity index (χ1) is 6.83. The second-order valence-electron chi connectivity index (χ2n) is 3.24. The van der Waals surface area contributed by atoms with Crippen LogP contribution in [-0.2, 0) is 11.2 Å². The Labute approximate surface area is 97.6 Å². The first kappa shape index (κ1) is 14.0. The molecule has 0 heterocycles. The number of halogens is 1. The van der Waals surface area contributed by atoms with Gasteiger partial charge in [-0.1, -0.05) is 30.3 Å². The molecule has 3 heteroatoms. The molecule has 0 fully saturated rings. The summed E-state index contributed by atoms with van der Waals surface area (Å²) < 4.78 is 5.17. The standard InChI is InChI=1S/C12H17NO.ClH/c1-2-14-12(13)10-6-9-11-7-4-3-5-8-11;/h3-5,7-8,13H,2,6,9-10H2,1H3;1H/i12+1;. The molecule has 0 radical (unpaired) electrons. The van der Waals surface area contributed by atoms with Crippen LogP contribution in [0.25, 0.3) is 0 Å². The van der Waals surface area contributed by atoms with Crippen molar-refractivity contribution in [1.82, 2.24) is 0 Å². The predicted octanol–water partition coefficient (Wildman–Crippen LogP) is -1.79. The number of hydrogen-bond donors (Lipinski definition) is 1. The molecule has 0 spiro atoms. The highest BCUT2D eigenvalue weighted by Crippen LogP contribution is 2.04. The molecule has 0 unspecified atom stereocenters. The number of hydrogen-bond acceptors (Lipinski definition) is 1. The second kappa shape index (κ2) is 8.30. The summed E-state index contributed by atoms with van der Waals surface area (Å²) in [6.45, 7) is 2.61. The van der Waals surface area contributed by atoms with Gasteiger partial charge in [0.1, 0.15) is 0 Å². The van der Waals surface area contributed by atoms with Gasteiger partial charge in [0.25, 0.3) is 0 Å². The average molecular weight is 229 g/mol. The van der Waals surface area contributed by atoms with Crippen LogP contribution < -0.4 is 17.8 Å². The molecule has 0 saturated heterocycles. The van der Waals surface area contributed by atoms with Gasteiger partial charge in [-0.3, -0.25) is 0 Å². The maximum atomic E-state index is 5.64. The maximum absolute atomic E-state index is 5.64. The quantitative estimate of drug-likeness (QED) is 0.361. The van der Waals surface area contributed by atoms with E-state index >= 15 is 0 Å². The predicted molar refractivity (Wildman–Crippen MR) is 57.9 cm³/mol. The lowest BCUT2D eigenvalue weighted by atomic mass is 10.1. The highest BCUT2D eigenvalue weighted by Gasteiger charge is 2.02. The largest absolute Gasteiger partial charge is 1.00 e. The Morgan fingerprint density at radius 2 is 1.93 bits per heavy atom. The molecule has 2 N–H and O–H groups in total. The van der Waals surface area contributed by atoms with Crippen molar-refractivity contribution in [3.63, 3.8) is 0 Å². The Morgan fingerprint density at radius 3 is 2.53 bits per heavy atom. The van der Waals surface area contributed by atoms with Gasteiger partial charge in [-0.15, -0.1) is 0 Å². The van der Waals surface area contributed by atoms with Crippen LogP contribution in [0.15, 0.2) is 30.3 Å². The third-order valence-corrected chi connectivity index (χ3v) is 2.06. The second-order valence-corrected chi connectivity index (χ2v) is 3.24. The number of aryl methyl sites for hydroxylation is 1. The molecule has 2 nitrogen and oxygen atoms in total. The first-order valence-corrected chi connectivity index (χ1v) is 5.11. The fourth-order valence-corrected chi connectivity index (χ4v) is 1.37. The minimum Gasteiger partial charge on any atom is -1.00 e. The molecule has 15 heavy (non-hydrogen) atoms. The molecule has 0 aliphatic carbocycles. The monoisotopic (exact) mass is 228 g/mol. The van der Waals surface area contributed by atoms with Crippen LogP contribution in [0.2, 0.25) is 0 Å². The van der Waals surface area contributed by atoms with E-state index < -0.39 is 0 Å². The van der Waals surface area contributed by atoms with Crippen LogP contribution in [0, 0.1) is 0 Å². The zero-order valence-electron chi connectivity index (χ0n) is 9.08. The van der Waals surface area contributed by atoms with Gasteiger partial charge in [-0.25, -0.2) is 5.41 Å². The molecule has 84 valence electrons. The van der Waals surface area contributed by atoms with Gasteiger partial charge in [0.2, 0.25) is 0 Å². The molecule has 1 rings (SSSR count). The number of ether oxygens (including phenoxy) is 1. The first-order valence-electron chi connectivity index (χ1n) is 5.11. The molecule has 0 atom stereocenters. The number of rotatable bonds is 5. The third kappa shape index (κ3) is 6.13. The Bertz CT molecular complexity index is 274. The van der Waals surface area contributed by atoms with Crippen LogP contribution in [0.4, 0.5) is 0 Å². The number of benzene rings is 1. The Hall–Kier alpha value is -1.02. The summed E-state index contributed by atoms with van der Waals surface area (Å²) in [5.41, 5.74) is 1.36. The van der Waals surface area contributed by atoms with Crippen LogP contribution in [0.1, 0.15) is 25.3 Å². The minimum absolute atomic E-state index is 0. The number of nitrogens with two attached hydrogens (primary N) is 1. The van der Waals surface area contributed by atoms with Crippen molar-refractivity contribution in [3.05, 3.63) is 35.9 Å². The van der Waals surface area contributed by atoms with E-state index in [2.05, 4.69) is 24.3 Å². The highest BCUT2D eigenvalue weighted by molar-refractivity contribution is 5.69. The normalized spacial score (nSPS) is 9.13. The fourth-order valence-electron chi connectivity index (χ4n) is 1.37. The lowest BCUT2D eigenvalue weighted by Crippen LogP contribution is -3.00. The Balaban J connectivity index is 0.00000196. The molecule has 0 saturated carbocycles. The van der Waals surface area contributed by atoms with Crippen molar-refractivity contribution < 1.29 is 22.6 Å². The smallest absolute Gasteiger partial charge is 0.332 e. The van der Waals surface area contributed by atoms with Crippen molar-refractivity contribution in [3.8, 4) is 0 Å². The van der Waals surface area contributed by atoms with E-state index in [1.807, 2.05) is 13.0 Å². The molecular formula is C12H18ClNO. The van der Waals surface area contributed by atoms with Gasteiger partial charge in [-0.2, -0.15) is 0 Å². The molecule has 0 bridgehead atoms. The Kier molecular flexibility index (Phi) is 7.74. The highest BCUT2D eigenvalue weighted by atomic mass is 35.5. The van der Waals surface area contributed by atoms with E-state index in [4.69, 9.17) is 10.1 Å². The topological polar surface area (TPSA) is 34.8 Å². The van der Waals surface area contributed by atoms with E-state index in [0.717, 1.165) is 19.3 Å². The summed E-state index contributed by atoms with van der Waals surface area (Å²) in [4.78, 5) is 0. The van der Waals surface area contributed by atoms with Crippen molar-refractivity contribution >= 4 is 5.90 Å². The minimum atomic E-state index is 0. The fraction of sp³-hybridized carbons (Fsp3) is 0.417. The van der Waals surface area contributed by atoms with E-state index in [9.17, 15) is 0 Å². The van der Waals surface area contributed by atoms with Gasteiger partial charge in [0.15, 0.2) is 0 Å². The summed E-state index contributed by atoms with van der Waals surface area (Å²) >= 11 is 0. The summed E-state index contributed by atoms with van der Waals surface area (Å²) in [6, 6.07) is 10.4. The summed E-state index contributed by atoms with van der Waals surface area (Å²) in [6.07, 6.45) is 2.97. The maximum Gasteiger partial charge on any atom is 0.332 e. The van der Waals surface area contributed by atoms with Gasteiger partial charge in [0.05, 0.1) is 13.0 Å². The molecule has 1 aromatic rings. The van der Waals surface area contributed by atoms with Gasteiger partial charge in [0, 0.05) is 0 Å². The van der Waals surface area contributed by atoms with Crippen molar-refractivity contribution in [1.29, 1.82) is 0 Å². The zero-order chi connectivity index (χ0) is 10.2. The van der Waals surface area contributed by atoms with Crippen LogP contribution >= 0.6 is 0 Å². The molecule has 0 amide bonds. The van der Waals surface area contributed by atoms with E-state index in [1.54, 1.807) is 0 Å². The van der Waals surface area contributed by atoms with Crippen molar-refractivity contribution in [2.45, 2.75) is 26.2 Å². The van der Waals surface area contributed by atoms with Crippen molar-refractivity contribution in [2.75, 3.05) is 6.61 Å². The molecule has 1 aromatic carbocycles. The Morgan fingerprint density at radius 1 is 1.27 bits per heavy atom. The lowest BCUT2D eigenvalue weighted by molar-refractivity contribution is -0.143. The summed E-state index contributed by atoms with van der Waals surface area (Å²) in [5.74, 6) is 0.656. The third-order valence-electron chi connectivity index (χ3n) is 2.06. The average Bonchev–Trinajstić information content (AvgIpc) is 2.20. The van der Waals surface area contributed by atoms with Gasteiger partial charge < -0.3 is 17.1 Å². The van der Waals surface area contributed by atoms with Crippen molar-refractivity contribution in [2.24, 2.45) is 0 Å². The van der Waals surface area contributed by atoms with Gasteiger partial charge >= 0.3 is 5.90 Å². The van der Waals surface area contributed by atoms with Gasteiger partial charge in [-0.05, 0) is 25.3 Å². The SMILES string of the molecule is CCO[13C](=[NH2+])CCCc1ccccc1.[Cl-]. The molecule has 0 aliphatic heterocycles. The van der Waals surface area contributed by atoms with Crippen LogP contribution in [0.5, 0.6) is 0 Å². The zero-order valence-corrected chi connectivity index (χ0v) is 9.83. The molecular weight excluding hydrogens is 211 g/mol. The lowest BCUT2D eigenvalue weighted by Gasteiger charge is -2.00. The van der Waals surface area contributed by atoms with E-state index in [-0.39, 0.29) is 12.4 Å². The summed E-state index contributed by atoms with van der Waals surface area (Å²) in [7, 11) is 0. The molecule has 0 aliphatic rings. The summed E-state index contributed by atoms with van der Waals surface area (Å²) in [5, 5.41) is 5.64. The van der Waals surface area contributed by atoms with E-state index in [0.29, 0.717) is 12.5 Å². The van der Waals surface area contributed by atoms with E-state index in [1.165, 1.54) is 5.56 Å². The van der Waals surface area contributed by atoms with Crippen LogP contribution in [-0.4, -0.2) is 12.5 Å². The van der Waals surface area contributed by atoms with Crippen LogP contribution in [0.3, 0.4) is 0 Å².